The predicted octanol–water partition coefficient (Wildman–Crippen LogP) is 7.95. The van der Waals surface area contributed by atoms with E-state index in [9.17, 15) is 19.8 Å². The normalized spacial score (nSPS) is 11.0. The average molecular weight is 579 g/mol. The highest BCUT2D eigenvalue weighted by Crippen LogP contribution is 2.39. The highest BCUT2D eigenvalue weighted by molar-refractivity contribution is 5.92. The van der Waals surface area contributed by atoms with E-state index in [0.29, 0.717) is 36.5 Å². The zero-order valence-electron chi connectivity index (χ0n) is 24.9. The minimum Gasteiger partial charge on any atom is -0.504 e. The molecule has 0 radical (unpaired) electrons. The number of rotatable bonds is 16. The number of ether oxygens (including phenoxy) is 4. The fraction of sp³-hybridized carbons (Fsp3) is 0.412. The van der Waals surface area contributed by atoms with Crippen molar-refractivity contribution in [3.8, 4) is 34.5 Å². The van der Waals surface area contributed by atoms with E-state index in [0.717, 1.165) is 50.7 Å². The van der Waals surface area contributed by atoms with E-state index >= 15 is 0 Å². The molecule has 0 heterocycles. The highest BCUT2D eigenvalue weighted by Gasteiger charge is 2.18. The Morgan fingerprint density at radius 1 is 0.595 bits per heavy atom. The first-order valence-corrected chi connectivity index (χ1v) is 14.6. The van der Waals surface area contributed by atoms with E-state index in [-0.39, 0.29) is 22.6 Å². The molecule has 3 aromatic carbocycles. The Balaban J connectivity index is 1.51. The first-order chi connectivity index (χ1) is 20.1. The fourth-order valence-corrected chi connectivity index (χ4v) is 4.08. The molecule has 0 spiro atoms. The van der Waals surface area contributed by atoms with Crippen molar-refractivity contribution >= 4 is 11.9 Å². The van der Waals surface area contributed by atoms with Gasteiger partial charge in [0, 0.05) is 12.1 Å². The Morgan fingerprint density at radius 3 is 1.29 bits per heavy atom. The van der Waals surface area contributed by atoms with E-state index in [1.165, 1.54) is 0 Å². The third kappa shape index (κ3) is 10.7. The van der Waals surface area contributed by atoms with Crippen LogP contribution >= 0.6 is 0 Å². The molecule has 0 aromatic heterocycles. The molecule has 0 amide bonds. The van der Waals surface area contributed by atoms with Crippen LogP contribution in [0.3, 0.4) is 0 Å². The maximum atomic E-state index is 12.6. The van der Waals surface area contributed by atoms with Crippen molar-refractivity contribution in [2.45, 2.75) is 66.2 Å². The van der Waals surface area contributed by atoms with Gasteiger partial charge in [-0.25, -0.2) is 9.59 Å². The number of aromatic hydroxyl groups is 2. The van der Waals surface area contributed by atoms with Gasteiger partial charge in [0.25, 0.3) is 0 Å². The number of phenolic OH excluding ortho intramolecular Hbond substituents is 2. The molecular formula is C34H42O8. The summed E-state index contributed by atoms with van der Waals surface area (Å²) >= 11 is 0. The molecule has 0 saturated carbocycles. The molecule has 0 bridgehead atoms. The first kappa shape index (κ1) is 32.3. The van der Waals surface area contributed by atoms with Gasteiger partial charge in [-0.2, -0.15) is 0 Å². The van der Waals surface area contributed by atoms with Crippen LogP contribution in [0.1, 0.15) is 86.9 Å². The summed E-state index contributed by atoms with van der Waals surface area (Å²) in [5, 5.41) is 20.8. The Labute approximate surface area is 248 Å². The first-order valence-electron chi connectivity index (χ1n) is 14.6. The molecule has 0 aliphatic heterocycles. The van der Waals surface area contributed by atoms with Crippen LogP contribution in [0.4, 0.5) is 0 Å². The zero-order chi connectivity index (χ0) is 30.5. The quantitative estimate of drug-likeness (QED) is 0.0762. The molecule has 42 heavy (non-hydrogen) atoms. The fourth-order valence-electron chi connectivity index (χ4n) is 4.08. The van der Waals surface area contributed by atoms with Gasteiger partial charge in [-0.15, -0.1) is 0 Å². The van der Waals surface area contributed by atoms with Crippen molar-refractivity contribution < 1.29 is 38.7 Å². The third-order valence-corrected chi connectivity index (χ3v) is 6.51. The molecule has 0 aliphatic rings. The van der Waals surface area contributed by atoms with Crippen molar-refractivity contribution in [2.75, 3.05) is 13.2 Å². The lowest BCUT2D eigenvalue weighted by molar-refractivity contribution is 0.0711. The molecule has 0 atom stereocenters. The SMILES string of the molecule is CC(C)CCCCOc1ccc(C(=O)Oc2cc(O)c(OC(=O)c3ccc(OCCCCC(C)C)cc3)cc2O)cc1. The third-order valence-electron chi connectivity index (χ3n) is 6.51. The van der Waals surface area contributed by atoms with Crippen LogP contribution in [-0.2, 0) is 0 Å². The van der Waals surface area contributed by atoms with E-state index in [1.807, 2.05) is 0 Å². The lowest BCUT2D eigenvalue weighted by Gasteiger charge is -2.12. The number of benzene rings is 3. The standard InChI is InChI=1S/C34H42O8/c1-23(2)9-5-7-19-39-27-15-11-25(12-16-27)33(37)41-31-21-30(36)32(22-29(31)35)42-34(38)26-13-17-28(18-14-26)40-20-8-6-10-24(3)4/h11-18,21-24,35-36H,5-10,19-20H2,1-4H3. The summed E-state index contributed by atoms with van der Waals surface area (Å²) in [6.45, 7) is 9.96. The minimum atomic E-state index is -0.736. The van der Waals surface area contributed by atoms with Crippen molar-refractivity contribution in [1.29, 1.82) is 0 Å². The van der Waals surface area contributed by atoms with E-state index in [4.69, 9.17) is 18.9 Å². The Morgan fingerprint density at radius 2 is 0.952 bits per heavy atom. The Hall–Kier alpha value is -4.20. The van der Waals surface area contributed by atoms with E-state index in [1.54, 1.807) is 48.5 Å². The lowest BCUT2D eigenvalue weighted by atomic mass is 10.1. The Kier molecular flexibility index (Phi) is 12.5. The number of carbonyl (C=O) groups excluding carboxylic acids is 2. The van der Waals surface area contributed by atoms with Gasteiger partial charge in [-0.3, -0.25) is 0 Å². The molecule has 8 nitrogen and oxygen atoms in total. The van der Waals surface area contributed by atoms with Crippen LogP contribution < -0.4 is 18.9 Å². The van der Waals surface area contributed by atoms with Gasteiger partial charge < -0.3 is 29.2 Å². The van der Waals surface area contributed by atoms with Gasteiger partial charge in [-0.05, 0) is 86.1 Å². The van der Waals surface area contributed by atoms with Gasteiger partial charge in [-0.1, -0.05) is 40.5 Å². The second-order valence-corrected chi connectivity index (χ2v) is 11.1. The van der Waals surface area contributed by atoms with Crippen LogP contribution in [0.15, 0.2) is 60.7 Å². The summed E-state index contributed by atoms with van der Waals surface area (Å²) in [4.78, 5) is 25.2. The summed E-state index contributed by atoms with van der Waals surface area (Å²) in [5.74, 6) is -0.376. The highest BCUT2D eigenvalue weighted by atomic mass is 16.6. The van der Waals surface area contributed by atoms with E-state index in [2.05, 4.69) is 27.7 Å². The average Bonchev–Trinajstić information content (AvgIpc) is 2.95. The maximum absolute atomic E-state index is 12.6. The summed E-state index contributed by atoms with van der Waals surface area (Å²) < 4.78 is 22.0. The van der Waals surface area contributed by atoms with Crippen LogP contribution in [0.5, 0.6) is 34.5 Å². The van der Waals surface area contributed by atoms with Gasteiger partial charge in [0.05, 0.1) is 24.3 Å². The number of unbranched alkanes of at least 4 members (excludes halogenated alkanes) is 2. The molecule has 0 unspecified atom stereocenters. The molecule has 226 valence electrons. The molecule has 2 N–H and O–H groups in total. The zero-order valence-corrected chi connectivity index (χ0v) is 24.9. The maximum Gasteiger partial charge on any atom is 0.343 e. The van der Waals surface area contributed by atoms with Crippen LogP contribution in [0.25, 0.3) is 0 Å². The summed E-state index contributed by atoms with van der Waals surface area (Å²) in [7, 11) is 0. The van der Waals surface area contributed by atoms with Gasteiger partial charge >= 0.3 is 11.9 Å². The number of esters is 2. The molecule has 0 saturated heterocycles. The van der Waals surface area contributed by atoms with Crippen molar-refractivity contribution in [3.63, 3.8) is 0 Å². The predicted molar refractivity (Wildman–Crippen MR) is 161 cm³/mol. The molecule has 3 rings (SSSR count). The number of carbonyl (C=O) groups is 2. The largest absolute Gasteiger partial charge is 0.504 e. The number of hydrogen-bond donors (Lipinski definition) is 2. The van der Waals surface area contributed by atoms with Crippen molar-refractivity contribution in [2.24, 2.45) is 11.8 Å². The van der Waals surface area contributed by atoms with Gasteiger partial charge in [0.1, 0.15) is 11.5 Å². The van der Waals surface area contributed by atoms with Gasteiger partial charge in [0.15, 0.2) is 23.0 Å². The van der Waals surface area contributed by atoms with Crippen molar-refractivity contribution in [3.05, 3.63) is 71.8 Å². The molecule has 8 heteroatoms. The molecule has 0 fully saturated rings. The summed E-state index contributed by atoms with van der Waals surface area (Å²) in [5.41, 5.74) is 0.471. The van der Waals surface area contributed by atoms with Crippen LogP contribution in [0, 0.1) is 11.8 Å². The number of hydrogen-bond acceptors (Lipinski definition) is 8. The van der Waals surface area contributed by atoms with Crippen LogP contribution in [-0.4, -0.2) is 35.4 Å². The van der Waals surface area contributed by atoms with Gasteiger partial charge in [0.2, 0.25) is 0 Å². The molecular weight excluding hydrogens is 536 g/mol. The topological polar surface area (TPSA) is 112 Å². The van der Waals surface area contributed by atoms with Crippen molar-refractivity contribution in [1.82, 2.24) is 0 Å². The van der Waals surface area contributed by atoms with Crippen LogP contribution in [0.2, 0.25) is 0 Å². The Bertz CT molecular complexity index is 1180. The number of phenols is 2. The van der Waals surface area contributed by atoms with E-state index < -0.39 is 23.4 Å². The minimum absolute atomic E-state index is 0.236. The molecule has 3 aromatic rings. The monoisotopic (exact) mass is 578 g/mol. The smallest absolute Gasteiger partial charge is 0.343 e. The lowest BCUT2D eigenvalue weighted by Crippen LogP contribution is -2.10. The molecule has 0 aliphatic carbocycles. The second-order valence-electron chi connectivity index (χ2n) is 11.1. The second kappa shape index (κ2) is 16.3. The summed E-state index contributed by atoms with van der Waals surface area (Å²) in [6.07, 6.45) is 6.41. The summed E-state index contributed by atoms with van der Waals surface area (Å²) in [6, 6.07) is 14.9.